The topological polar surface area (TPSA) is 110 Å². The maximum absolute atomic E-state index is 12.8. The highest BCUT2D eigenvalue weighted by atomic mass is 16.3. The molecule has 2 aromatic rings. The second-order valence-corrected chi connectivity index (χ2v) is 11.8. The van der Waals surface area contributed by atoms with Crippen molar-refractivity contribution in [3.05, 3.63) is 36.2 Å². The molecule has 10 nitrogen and oxygen atoms in total. The first-order chi connectivity index (χ1) is 18.8. The van der Waals surface area contributed by atoms with Crippen LogP contribution in [0.2, 0.25) is 0 Å². The summed E-state index contributed by atoms with van der Waals surface area (Å²) in [6.07, 6.45) is 13.0. The van der Waals surface area contributed by atoms with Gasteiger partial charge < -0.3 is 25.5 Å². The van der Waals surface area contributed by atoms with E-state index in [2.05, 4.69) is 55.2 Å². The molecule has 2 saturated heterocycles. The minimum absolute atomic E-state index is 0.0359. The van der Waals surface area contributed by atoms with Crippen molar-refractivity contribution >= 4 is 35.3 Å². The molecule has 2 aromatic heterocycles. The Morgan fingerprint density at radius 1 is 1.13 bits per heavy atom. The zero-order valence-corrected chi connectivity index (χ0v) is 23.2. The molecule has 4 atom stereocenters. The summed E-state index contributed by atoms with van der Waals surface area (Å²) in [7, 11) is 0. The molecule has 6 rings (SSSR count). The van der Waals surface area contributed by atoms with Crippen molar-refractivity contribution in [3.8, 4) is 0 Å². The lowest BCUT2D eigenvalue weighted by atomic mass is 9.77. The number of β-amino-alcohol motifs (C(OH)–C–C–N with tert-alkyl or cyclic N) is 1. The number of carbonyl (C=O) groups excluding carboxylic acids is 1. The first kappa shape index (κ1) is 26.0. The van der Waals surface area contributed by atoms with Gasteiger partial charge in [0.25, 0.3) is 0 Å². The predicted molar refractivity (Wildman–Crippen MR) is 153 cm³/mol. The van der Waals surface area contributed by atoms with Crippen LogP contribution in [0.25, 0.3) is 6.08 Å². The summed E-state index contributed by atoms with van der Waals surface area (Å²) in [5, 5.41) is 16.3. The lowest BCUT2D eigenvalue weighted by molar-refractivity contribution is -0.123. The van der Waals surface area contributed by atoms with Crippen LogP contribution in [0.15, 0.2) is 30.6 Å². The molecule has 1 amide bonds. The summed E-state index contributed by atoms with van der Waals surface area (Å²) in [5.74, 6) is 2.02. The zero-order chi connectivity index (χ0) is 27.1. The number of nitrogens with one attached hydrogen (secondary N) is 2. The van der Waals surface area contributed by atoms with Crippen molar-refractivity contribution in [2.24, 2.45) is 0 Å². The van der Waals surface area contributed by atoms with Gasteiger partial charge in [-0.1, -0.05) is 31.4 Å². The van der Waals surface area contributed by atoms with E-state index in [1.807, 2.05) is 37.5 Å². The van der Waals surface area contributed by atoms with Crippen LogP contribution in [0.3, 0.4) is 0 Å². The summed E-state index contributed by atoms with van der Waals surface area (Å²) in [4.78, 5) is 34.0. The molecule has 3 aliphatic heterocycles. The van der Waals surface area contributed by atoms with E-state index in [-0.39, 0.29) is 23.6 Å². The van der Waals surface area contributed by atoms with Gasteiger partial charge in [-0.05, 0) is 45.7 Å². The lowest BCUT2D eigenvalue weighted by Crippen LogP contribution is -2.69. The number of rotatable bonds is 5. The Labute approximate surface area is 230 Å². The smallest absolute Gasteiger partial charge is 0.246 e. The molecule has 1 spiro atoms. The molecule has 5 heterocycles. The van der Waals surface area contributed by atoms with Crippen LogP contribution in [0, 0.1) is 0 Å². The van der Waals surface area contributed by atoms with Gasteiger partial charge in [-0.15, -0.1) is 0 Å². The quantitative estimate of drug-likeness (QED) is 0.535. The fraction of sp³-hybridized carbons (Fsp3) is 0.586. The average Bonchev–Trinajstić information content (AvgIpc) is 2.93. The van der Waals surface area contributed by atoms with Crippen LogP contribution >= 0.6 is 0 Å². The number of amides is 1. The van der Waals surface area contributed by atoms with Gasteiger partial charge in [0, 0.05) is 50.0 Å². The molecular formula is C29H40N8O2. The van der Waals surface area contributed by atoms with Crippen molar-refractivity contribution in [1.29, 1.82) is 0 Å². The van der Waals surface area contributed by atoms with Crippen molar-refractivity contribution in [2.45, 2.75) is 82.6 Å². The maximum Gasteiger partial charge on any atom is 0.246 e. The largest absolute Gasteiger partial charge is 0.392 e. The Kier molecular flexibility index (Phi) is 6.93. The molecule has 208 valence electrons. The van der Waals surface area contributed by atoms with Gasteiger partial charge >= 0.3 is 0 Å². The van der Waals surface area contributed by atoms with Gasteiger partial charge in [0.05, 0.1) is 23.5 Å². The summed E-state index contributed by atoms with van der Waals surface area (Å²) >= 11 is 0. The number of nitrogens with zero attached hydrogens (tertiary/aromatic N) is 6. The Hall–Kier alpha value is -3.24. The second kappa shape index (κ2) is 10.4. The highest BCUT2D eigenvalue weighted by Crippen LogP contribution is 2.43. The summed E-state index contributed by atoms with van der Waals surface area (Å²) in [6.45, 7) is 9.41. The minimum atomic E-state index is -0.338. The van der Waals surface area contributed by atoms with Crippen molar-refractivity contribution in [1.82, 2.24) is 25.2 Å². The minimum Gasteiger partial charge on any atom is -0.392 e. The van der Waals surface area contributed by atoms with Crippen LogP contribution < -0.4 is 20.4 Å². The number of aromatic nitrogens is 3. The number of fused-ring (bicyclic) bond motifs is 4. The van der Waals surface area contributed by atoms with Crippen molar-refractivity contribution in [3.63, 3.8) is 0 Å². The molecule has 39 heavy (non-hydrogen) atoms. The molecule has 1 saturated carbocycles. The SMILES string of the molecule is C[C@H](O)CN1[C@H](C)CN(c2ccc(Nc3ncc4c(n3)N3C(C=C4)C(=O)NCC34CCCCC4)nc2)C[C@@H]1C. The monoisotopic (exact) mass is 532 g/mol. The number of hydrogen-bond acceptors (Lipinski definition) is 9. The number of piperazine rings is 2. The molecule has 0 radical (unpaired) electrons. The van der Waals surface area contributed by atoms with Crippen LogP contribution in [-0.2, 0) is 4.79 Å². The van der Waals surface area contributed by atoms with E-state index in [9.17, 15) is 9.90 Å². The van der Waals surface area contributed by atoms with Gasteiger partial charge in [-0.25, -0.2) is 9.97 Å². The predicted octanol–water partition coefficient (Wildman–Crippen LogP) is 2.93. The maximum atomic E-state index is 12.8. The van der Waals surface area contributed by atoms with Gasteiger partial charge in [0.2, 0.25) is 11.9 Å². The molecule has 3 fully saturated rings. The van der Waals surface area contributed by atoms with E-state index in [0.717, 1.165) is 55.8 Å². The Bertz CT molecular complexity index is 1210. The number of aliphatic hydroxyl groups is 1. The van der Waals surface area contributed by atoms with Crippen LogP contribution in [0.4, 0.5) is 23.3 Å². The average molecular weight is 533 g/mol. The Balaban J connectivity index is 1.19. The molecule has 4 aliphatic rings. The normalized spacial score (nSPS) is 27.1. The first-order valence-electron chi connectivity index (χ1n) is 14.4. The van der Waals surface area contributed by atoms with Gasteiger partial charge in [0.15, 0.2) is 0 Å². The number of aliphatic hydroxyl groups excluding tert-OH is 1. The Morgan fingerprint density at radius 3 is 2.59 bits per heavy atom. The summed E-state index contributed by atoms with van der Waals surface area (Å²) in [5.41, 5.74) is 1.92. The van der Waals surface area contributed by atoms with Crippen molar-refractivity contribution in [2.75, 3.05) is 41.3 Å². The van der Waals surface area contributed by atoms with E-state index >= 15 is 0 Å². The van der Waals surface area contributed by atoms with Crippen molar-refractivity contribution < 1.29 is 9.90 Å². The van der Waals surface area contributed by atoms with Gasteiger partial charge in [-0.3, -0.25) is 9.69 Å². The number of anilines is 4. The third-order valence-electron chi connectivity index (χ3n) is 8.85. The standard InChI is InChI=1S/C29H40N8O2/c1-19-15-35(16-20(2)36(19)17-21(3)38)23-8-10-25(30-14-23)33-28-31-13-22-7-9-24-27(39)32-18-29(11-5-4-6-12-29)37(24)26(22)34-28/h7-10,13-14,19-21,24,38H,4-6,11-12,15-18H2,1-3H3,(H,32,39)(H,30,31,33,34)/t19-,20+,21-,24?/m0/s1. The number of pyridine rings is 1. The second-order valence-electron chi connectivity index (χ2n) is 11.8. The summed E-state index contributed by atoms with van der Waals surface area (Å²) < 4.78 is 0. The van der Waals surface area contributed by atoms with Crippen LogP contribution in [-0.4, -0.2) is 86.8 Å². The molecule has 10 heteroatoms. The highest BCUT2D eigenvalue weighted by molar-refractivity contribution is 5.93. The molecular weight excluding hydrogens is 492 g/mol. The van der Waals surface area contributed by atoms with Crippen LogP contribution in [0.5, 0.6) is 0 Å². The van der Waals surface area contributed by atoms with Gasteiger partial charge in [0.1, 0.15) is 17.7 Å². The fourth-order valence-electron chi connectivity index (χ4n) is 6.95. The first-order valence-corrected chi connectivity index (χ1v) is 14.4. The number of carbonyl (C=O) groups is 1. The molecule has 0 bridgehead atoms. The zero-order valence-electron chi connectivity index (χ0n) is 23.2. The van der Waals surface area contributed by atoms with E-state index in [0.29, 0.717) is 36.9 Å². The van der Waals surface area contributed by atoms with Crippen LogP contribution in [0.1, 0.15) is 58.4 Å². The molecule has 1 aliphatic carbocycles. The van der Waals surface area contributed by atoms with E-state index < -0.39 is 0 Å². The third-order valence-corrected chi connectivity index (χ3v) is 8.85. The molecule has 0 aromatic carbocycles. The lowest BCUT2D eigenvalue weighted by Gasteiger charge is -2.54. The van der Waals surface area contributed by atoms with E-state index in [1.165, 1.54) is 6.42 Å². The fourth-order valence-corrected chi connectivity index (χ4v) is 6.95. The number of hydrogen-bond donors (Lipinski definition) is 3. The van der Waals surface area contributed by atoms with E-state index in [1.54, 1.807) is 0 Å². The summed E-state index contributed by atoms with van der Waals surface area (Å²) in [6, 6.07) is 4.40. The van der Waals surface area contributed by atoms with Gasteiger partial charge in [-0.2, -0.15) is 4.98 Å². The highest BCUT2D eigenvalue weighted by Gasteiger charge is 2.49. The van der Waals surface area contributed by atoms with E-state index in [4.69, 9.17) is 4.98 Å². The molecule has 1 unspecified atom stereocenters. The Morgan fingerprint density at radius 2 is 1.90 bits per heavy atom. The molecule has 3 N–H and O–H groups in total. The third kappa shape index (κ3) is 4.96.